The van der Waals surface area contributed by atoms with Crippen LogP contribution in [0.1, 0.15) is 42.0 Å². The van der Waals surface area contributed by atoms with Gasteiger partial charge in [-0.2, -0.15) is 0 Å². The number of rotatable bonds is 11. The molecule has 4 aromatic carbocycles. The molecule has 0 aliphatic heterocycles. The van der Waals surface area contributed by atoms with Crippen LogP contribution in [0.15, 0.2) is 72.8 Å². The summed E-state index contributed by atoms with van der Waals surface area (Å²) in [5.74, 6) is -0.358. The fourth-order valence-electron chi connectivity index (χ4n) is 4.31. The van der Waals surface area contributed by atoms with Gasteiger partial charge in [0.15, 0.2) is 0 Å². The first-order chi connectivity index (χ1) is 18.2. The Kier molecular flexibility index (Phi) is 8.87. The largest absolute Gasteiger partial charge is 0.573 e. The predicted octanol–water partition coefficient (Wildman–Crippen LogP) is 8.77. The lowest BCUT2D eigenvalue weighted by Gasteiger charge is -2.11. The fraction of sp³-hybridized carbons (Fsp3) is 0.290. The van der Waals surface area contributed by atoms with Crippen molar-refractivity contribution < 1.29 is 31.4 Å². The number of benzene rings is 4. The molecular weight excluding hydrogens is 499 g/mol. The molecule has 0 aliphatic rings. The monoisotopic (exact) mass is 528 g/mol. The highest BCUT2D eigenvalue weighted by molar-refractivity contribution is 5.84. The molecular formula is C31H29F5O2. The van der Waals surface area contributed by atoms with E-state index in [9.17, 15) is 17.6 Å². The molecule has 0 aromatic heterocycles. The molecule has 0 unspecified atom stereocenters. The number of hydrogen-bond donors (Lipinski definition) is 0. The summed E-state index contributed by atoms with van der Waals surface area (Å²) < 4.78 is 76.1. The molecule has 4 rings (SSSR count). The molecule has 0 bridgehead atoms. The second-order valence-corrected chi connectivity index (χ2v) is 9.24. The smallest absolute Gasteiger partial charge is 0.493 e. The maximum absolute atomic E-state index is 15.2. The molecule has 0 amide bonds. The summed E-state index contributed by atoms with van der Waals surface area (Å²) in [7, 11) is 0. The summed E-state index contributed by atoms with van der Waals surface area (Å²) >= 11 is 0. The summed E-state index contributed by atoms with van der Waals surface area (Å²) in [5, 5.41) is 1.26. The van der Waals surface area contributed by atoms with Crippen LogP contribution in [-0.2, 0) is 25.7 Å². The van der Waals surface area contributed by atoms with E-state index in [1.54, 1.807) is 36.4 Å². The van der Waals surface area contributed by atoms with Crippen molar-refractivity contribution in [2.45, 2.75) is 51.8 Å². The van der Waals surface area contributed by atoms with Gasteiger partial charge in [-0.3, -0.25) is 0 Å². The zero-order valence-electron chi connectivity index (χ0n) is 21.1. The Hall–Kier alpha value is -3.61. The highest BCUT2D eigenvalue weighted by Crippen LogP contribution is 2.26. The van der Waals surface area contributed by atoms with Gasteiger partial charge in [0.05, 0.1) is 6.61 Å². The molecule has 4 aromatic rings. The van der Waals surface area contributed by atoms with E-state index in [0.29, 0.717) is 54.6 Å². The summed E-state index contributed by atoms with van der Waals surface area (Å²) in [6.07, 6.45) is -0.799. The molecule has 0 radical (unpaired) electrons. The number of alkyl halides is 3. The molecule has 0 saturated heterocycles. The van der Waals surface area contributed by atoms with E-state index in [4.69, 9.17) is 4.74 Å². The van der Waals surface area contributed by atoms with Gasteiger partial charge in [0.1, 0.15) is 23.1 Å². The van der Waals surface area contributed by atoms with Crippen LogP contribution in [0, 0.1) is 11.6 Å². The van der Waals surface area contributed by atoms with Gasteiger partial charge in [-0.1, -0.05) is 61.9 Å². The minimum atomic E-state index is -4.74. The van der Waals surface area contributed by atoms with E-state index in [0.717, 1.165) is 29.4 Å². The van der Waals surface area contributed by atoms with Crippen LogP contribution in [-0.4, -0.2) is 13.0 Å². The van der Waals surface area contributed by atoms with Crippen molar-refractivity contribution in [3.63, 3.8) is 0 Å². The van der Waals surface area contributed by atoms with Gasteiger partial charge in [-0.05, 0) is 77.9 Å². The topological polar surface area (TPSA) is 18.5 Å². The van der Waals surface area contributed by atoms with Crippen LogP contribution >= 0.6 is 0 Å². The molecule has 2 nitrogen and oxygen atoms in total. The van der Waals surface area contributed by atoms with Crippen LogP contribution in [0.25, 0.3) is 10.8 Å². The Morgan fingerprint density at radius 1 is 0.684 bits per heavy atom. The van der Waals surface area contributed by atoms with Gasteiger partial charge >= 0.3 is 6.36 Å². The number of fused-ring (bicyclic) bond motifs is 1. The van der Waals surface area contributed by atoms with Gasteiger partial charge in [-0.25, -0.2) is 8.78 Å². The fourth-order valence-corrected chi connectivity index (χ4v) is 4.31. The summed E-state index contributed by atoms with van der Waals surface area (Å²) in [6.45, 7) is 2.64. The van der Waals surface area contributed by atoms with Crippen molar-refractivity contribution in [1.82, 2.24) is 0 Å². The average molecular weight is 529 g/mol. The molecule has 38 heavy (non-hydrogen) atoms. The highest BCUT2D eigenvalue weighted by Gasteiger charge is 2.30. The first-order valence-corrected chi connectivity index (χ1v) is 12.7. The van der Waals surface area contributed by atoms with E-state index in [-0.39, 0.29) is 17.4 Å². The number of ether oxygens (including phenoxy) is 2. The SMILES string of the molecule is CCCCOc1ccc(CCc2ccc3c(F)c(CCc4ccc(OC(F)(F)F)cc4)ccc3c2)c(F)c1. The van der Waals surface area contributed by atoms with Gasteiger partial charge in [-0.15, -0.1) is 13.2 Å². The van der Waals surface area contributed by atoms with Crippen molar-refractivity contribution in [1.29, 1.82) is 0 Å². The quantitative estimate of drug-likeness (QED) is 0.143. The zero-order valence-corrected chi connectivity index (χ0v) is 21.1. The Labute approximate surface area is 219 Å². The second kappa shape index (κ2) is 12.3. The number of hydrogen-bond acceptors (Lipinski definition) is 2. The van der Waals surface area contributed by atoms with Crippen LogP contribution in [0.3, 0.4) is 0 Å². The molecule has 7 heteroatoms. The second-order valence-electron chi connectivity index (χ2n) is 9.24. The zero-order chi connectivity index (χ0) is 27.1. The third kappa shape index (κ3) is 7.46. The lowest BCUT2D eigenvalue weighted by molar-refractivity contribution is -0.274. The minimum absolute atomic E-state index is 0.287. The van der Waals surface area contributed by atoms with E-state index in [1.807, 2.05) is 18.2 Å². The number of halogens is 5. The lowest BCUT2D eigenvalue weighted by atomic mass is 9.97. The molecule has 0 spiro atoms. The van der Waals surface area contributed by atoms with Gasteiger partial charge in [0, 0.05) is 11.5 Å². The maximum atomic E-state index is 15.2. The third-order valence-corrected chi connectivity index (χ3v) is 6.41. The van der Waals surface area contributed by atoms with E-state index in [1.165, 1.54) is 18.2 Å². The summed E-state index contributed by atoms with van der Waals surface area (Å²) in [6, 6.07) is 19.7. The standard InChI is InChI=1S/C31H29F5O2/c1-2-3-18-37-27-16-13-23(29(32)20-27)9-5-22-8-17-28-25(19-22)12-11-24(30(28)33)10-4-21-6-14-26(15-7-21)38-31(34,35)36/h6-8,11-17,19-20H,2-5,9-10,18H2,1H3. The summed E-state index contributed by atoms with van der Waals surface area (Å²) in [5.41, 5.74) is 2.90. The highest BCUT2D eigenvalue weighted by atomic mass is 19.4. The van der Waals surface area contributed by atoms with Crippen LogP contribution in [0.2, 0.25) is 0 Å². The van der Waals surface area contributed by atoms with E-state index >= 15 is 4.39 Å². The minimum Gasteiger partial charge on any atom is -0.493 e. The van der Waals surface area contributed by atoms with Gasteiger partial charge in [0.2, 0.25) is 0 Å². The normalized spacial score (nSPS) is 11.6. The van der Waals surface area contributed by atoms with Gasteiger partial charge in [0.25, 0.3) is 0 Å². The van der Waals surface area contributed by atoms with Gasteiger partial charge < -0.3 is 9.47 Å². The molecule has 200 valence electrons. The average Bonchev–Trinajstić information content (AvgIpc) is 2.88. The molecule has 0 atom stereocenters. The van der Waals surface area contributed by atoms with Crippen molar-refractivity contribution in [2.75, 3.05) is 6.61 Å². The van der Waals surface area contributed by atoms with Crippen molar-refractivity contribution >= 4 is 10.8 Å². The Morgan fingerprint density at radius 2 is 1.34 bits per heavy atom. The third-order valence-electron chi connectivity index (χ3n) is 6.41. The number of unbranched alkanes of at least 4 members (excludes halogenated alkanes) is 1. The van der Waals surface area contributed by atoms with E-state index < -0.39 is 6.36 Å². The Bertz CT molecular complexity index is 1360. The molecule has 0 saturated carbocycles. The van der Waals surface area contributed by atoms with Crippen LogP contribution in [0.5, 0.6) is 11.5 Å². The van der Waals surface area contributed by atoms with Crippen molar-refractivity contribution in [3.05, 3.63) is 107 Å². The first kappa shape index (κ1) is 27.4. The van der Waals surface area contributed by atoms with E-state index in [2.05, 4.69) is 11.7 Å². The number of aryl methyl sites for hydroxylation is 4. The summed E-state index contributed by atoms with van der Waals surface area (Å²) in [4.78, 5) is 0. The van der Waals surface area contributed by atoms with Crippen molar-refractivity contribution in [3.8, 4) is 11.5 Å². The van der Waals surface area contributed by atoms with Crippen LogP contribution < -0.4 is 9.47 Å². The molecule has 0 fully saturated rings. The lowest BCUT2D eigenvalue weighted by Crippen LogP contribution is -2.17. The Balaban J connectivity index is 1.37. The molecule has 0 N–H and O–H groups in total. The molecule has 0 heterocycles. The van der Waals surface area contributed by atoms with Crippen LogP contribution in [0.4, 0.5) is 22.0 Å². The maximum Gasteiger partial charge on any atom is 0.573 e. The molecule has 0 aliphatic carbocycles. The first-order valence-electron chi connectivity index (χ1n) is 12.7. The van der Waals surface area contributed by atoms with Crippen molar-refractivity contribution in [2.24, 2.45) is 0 Å². The predicted molar refractivity (Wildman–Crippen MR) is 139 cm³/mol. The Morgan fingerprint density at radius 3 is 2.05 bits per heavy atom.